The summed E-state index contributed by atoms with van der Waals surface area (Å²) in [6.07, 6.45) is 9.78. The van der Waals surface area contributed by atoms with E-state index in [4.69, 9.17) is 9.84 Å². The van der Waals surface area contributed by atoms with Crippen molar-refractivity contribution in [3.63, 3.8) is 0 Å². The zero-order chi connectivity index (χ0) is 15.9. The first-order valence-corrected chi connectivity index (χ1v) is 8.39. The van der Waals surface area contributed by atoms with Crippen molar-refractivity contribution in [1.29, 1.82) is 0 Å². The maximum absolute atomic E-state index is 11.5. The lowest BCUT2D eigenvalue weighted by Gasteiger charge is -2.06. The molecule has 4 nitrogen and oxygen atoms in total. The molecule has 0 aromatic heterocycles. The minimum Gasteiger partial charge on any atom is -0.481 e. The Morgan fingerprint density at radius 3 is 2.05 bits per heavy atom. The van der Waals surface area contributed by atoms with Crippen LogP contribution >= 0.6 is 0 Å². The molecule has 0 atom stereocenters. The highest BCUT2D eigenvalue weighted by atomic mass is 16.5. The number of aliphatic carboxylic acids is 1. The number of esters is 1. The molecule has 0 heterocycles. The van der Waals surface area contributed by atoms with Crippen LogP contribution in [0.4, 0.5) is 0 Å². The van der Waals surface area contributed by atoms with Crippen molar-refractivity contribution in [2.45, 2.75) is 84.5 Å². The number of carbonyl (C=O) groups is 2. The topological polar surface area (TPSA) is 63.6 Å². The molecule has 0 rings (SSSR count). The fraction of sp³-hybridized carbons (Fsp3) is 0.882. The van der Waals surface area contributed by atoms with Crippen LogP contribution in [0.3, 0.4) is 0 Å². The van der Waals surface area contributed by atoms with Gasteiger partial charge in [-0.2, -0.15) is 0 Å². The van der Waals surface area contributed by atoms with E-state index in [9.17, 15) is 9.59 Å². The number of ether oxygens (including phenoxy) is 1. The second-order valence-corrected chi connectivity index (χ2v) is 6.13. The summed E-state index contributed by atoms with van der Waals surface area (Å²) in [7, 11) is 0. The van der Waals surface area contributed by atoms with Crippen molar-refractivity contribution >= 4 is 11.9 Å². The largest absolute Gasteiger partial charge is 0.481 e. The van der Waals surface area contributed by atoms with Gasteiger partial charge < -0.3 is 9.84 Å². The third kappa shape index (κ3) is 16.9. The summed E-state index contributed by atoms with van der Waals surface area (Å²) in [5.41, 5.74) is 0. The number of carboxylic acids is 1. The average molecular weight is 300 g/mol. The van der Waals surface area contributed by atoms with Crippen molar-refractivity contribution in [3.8, 4) is 0 Å². The lowest BCUT2D eigenvalue weighted by molar-refractivity contribution is -0.144. The Labute approximate surface area is 129 Å². The van der Waals surface area contributed by atoms with Crippen LogP contribution in [0, 0.1) is 5.92 Å². The van der Waals surface area contributed by atoms with Crippen LogP contribution < -0.4 is 0 Å². The molecular formula is C17H32O4. The zero-order valence-electron chi connectivity index (χ0n) is 13.7. The highest BCUT2D eigenvalue weighted by Crippen LogP contribution is 2.09. The van der Waals surface area contributed by atoms with E-state index in [1.54, 1.807) is 0 Å². The predicted octanol–water partition coefficient (Wildman–Crippen LogP) is 4.56. The SMILES string of the molecule is CC(C)CCCCCOC(=O)CCCCCCCC(=O)O. The summed E-state index contributed by atoms with van der Waals surface area (Å²) in [4.78, 5) is 21.8. The van der Waals surface area contributed by atoms with Crippen molar-refractivity contribution in [2.75, 3.05) is 6.61 Å². The van der Waals surface area contributed by atoms with Crippen LogP contribution in [0.2, 0.25) is 0 Å². The summed E-state index contributed by atoms with van der Waals surface area (Å²) in [5.74, 6) is -0.0700. The third-order valence-electron chi connectivity index (χ3n) is 3.46. The molecule has 0 saturated heterocycles. The molecule has 0 radical (unpaired) electrons. The molecule has 1 N–H and O–H groups in total. The van der Waals surface area contributed by atoms with Crippen molar-refractivity contribution in [3.05, 3.63) is 0 Å². The number of hydrogen-bond acceptors (Lipinski definition) is 3. The fourth-order valence-corrected chi connectivity index (χ4v) is 2.17. The van der Waals surface area contributed by atoms with Gasteiger partial charge in [-0.15, -0.1) is 0 Å². The van der Waals surface area contributed by atoms with Crippen molar-refractivity contribution < 1.29 is 19.4 Å². The van der Waals surface area contributed by atoms with Crippen molar-refractivity contribution in [1.82, 2.24) is 0 Å². The summed E-state index contributed by atoms with van der Waals surface area (Å²) in [6, 6.07) is 0. The number of unbranched alkanes of at least 4 members (excludes halogenated alkanes) is 6. The molecule has 0 bridgehead atoms. The zero-order valence-corrected chi connectivity index (χ0v) is 13.7. The highest BCUT2D eigenvalue weighted by molar-refractivity contribution is 5.69. The Morgan fingerprint density at radius 1 is 0.857 bits per heavy atom. The van der Waals surface area contributed by atoms with Crippen LogP contribution in [0.5, 0.6) is 0 Å². The number of carbonyl (C=O) groups excluding carboxylic acids is 1. The van der Waals surface area contributed by atoms with E-state index in [0.717, 1.165) is 50.9 Å². The summed E-state index contributed by atoms with van der Waals surface area (Å²) >= 11 is 0. The van der Waals surface area contributed by atoms with E-state index in [-0.39, 0.29) is 12.4 Å². The maximum Gasteiger partial charge on any atom is 0.305 e. The minimum absolute atomic E-state index is 0.0932. The number of carboxylic acid groups (broad SMARTS) is 1. The smallest absolute Gasteiger partial charge is 0.305 e. The summed E-state index contributed by atoms with van der Waals surface area (Å²) < 4.78 is 5.19. The maximum atomic E-state index is 11.5. The van der Waals surface area contributed by atoms with Gasteiger partial charge in [-0.25, -0.2) is 0 Å². The molecule has 0 amide bonds. The highest BCUT2D eigenvalue weighted by Gasteiger charge is 2.03. The second-order valence-electron chi connectivity index (χ2n) is 6.13. The van der Waals surface area contributed by atoms with Gasteiger partial charge in [-0.05, 0) is 25.2 Å². The molecule has 0 aromatic carbocycles. The normalized spacial score (nSPS) is 10.8. The van der Waals surface area contributed by atoms with Crippen LogP contribution in [0.1, 0.15) is 84.5 Å². The van der Waals surface area contributed by atoms with Gasteiger partial charge in [0.2, 0.25) is 0 Å². The first-order chi connectivity index (χ1) is 10.0. The molecule has 0 saturated carbocycles. The third-order valence-corrected chi connectivity index (χ3v) is 3.46. The van der Waals surface area contributed by atoms with E-state index in [0.29, 0.717) is 13.0 Å². The van der Waals surface area contributed by atoms with E-state index in [1.165, 1.54) is 12.8 Å². The monoisotopic (exact) mass is 300 g/mol. The number of rotatable bonds is 14. The van der Waals surface area contributed by atoms with Gasteiger partial charge in [0.1, 0.15) is 0 Å². The van der Waals surface area contributed by atoms with Crippen LogP contribution in [0.15, 0.2) is 0 Å². The molecule has 0 unspecified atom stereocenters. The molecule has 0 aliphatic rings. The molecule has 0 fully saturated rings. The average Bonchev–Trinajstić information content (AvgIpc) is 2.41. The molecule has 0 spiro atoms. The van der Waals surface area contributed by atoms with E-state index >= 15 is 0 Å². The molecule has 0 aliphatic carbocycles. The predicted molar refractivity (Wildman–Crippen MR) is 84.2 cm³/mol. The van der Waals surface area contributed by atoms with E-state index < -0.39 is 5.97 Å². The van der Waals surface area contributed by atoms with Gasteiger partial charge in [0.25, 0.3) is 0 Å². The standard InChI is InChI=1S/C17H32O4/c1-15(2)11-7-6-10-14-21-17(20)13-9-5-3-4-8-12-16(18)19/h15H,3-14H2,1-2H3,(H,18,19). The Hall–Kier alpha value is -1.06. The van der Waals surface area contributed by atoms with Gasteiger partial charge in [0.05, 0.1) is 6.61 Å². The second kappa shape index (κ2) is 13.9. The summed E-state index contributed by atoms with van der Waals surface area (Å²) in [5, 5.41) is 8.49. The quantitative estimate of drug-likeness (QED) is 0.377. The first-order valence-electron chi connectivity index (χ1n) is 8.39. The molecule has 4 heteroatoms. The van der Waals surface area contributed by atoms with Gasteiger partial charge in [-0.3, -0.25) is 9.59 Å². The van der Waals surface area contributed by atoms with Crippen LogP contribution in [0.25, 0.3) is 0 Å². The van der Waals surface area contributed by atoms with Crippen molar-refractivity contribution in [2.24, 2.45) is 5.92 Å². The molecular weight excluding hydrogens is 268 g/mol. The van der Waals surface area contributed by atoms with Crippen LogP contribution in [-0.4, -0.2) is 23.7 Å². The Morgan fingerprint density at radius 2 is 1.43 bits per heavy atom. The molecule has 124 valence electrons. The van der Waals surface area contributed by atoms with E-state index in [2.05, 4.69) is 13.8 Å². The van der Waals surface area contributed by atoms with Gasteiger partial charge in [-0.1, -0.05) is 52.4 Å². The van der Waals surface area contributed by atoms with Crippen LogP contribution in [-0.2, 0) is 14.3 Å². The van der Waals surface area contributed by atoms with E-state index in [1.807, 2.05) is 0 Å². The minimum atomic E-state index is -0.730. The van der Waals surface area contributed by atoms with Gasteiger partial charge >= 0.3 is 11.9 Å². The van der Waals surface area contributed by atoms with Gasteiger partial charge in [0.15, 0.2) is 0 Å². The Balaban J connectivity index is 3.22. The molecule has 0 aromatic rings. The Kier molecular flexibility index (Phi) is 13.2. The molecule has 21 heavy (non-hydrogen) atoms. The lowest BCUT2D eigenvalue weighted by atomic mass is 10.1. The Bertz CT molecular complexity index is 274. The summed E-state index contributed by atoms with van der Waals surface area (Å²) in [6.45, 7) is 5.00. The first kappa shape index (κ1) is 19.9. The fourth-order valence-electron chi connectivity index (χ4n) is 2.17. The number of hydrogen-bond donors (Lipinski definition) is 1. The van der Waals surface area contributed by atoms with Gasteiger partial charge in [0, 0.05) is 12.8 Å². The molecule has 0 aliphatic heterocycles. The lowest BCUT2D eigenvalue weighted by Crippen LogP contribution is -2.05.